The molecule has 6 heteroatoms. The minimum absolute atomic E-state index is 0.133. The van der Waals surface area contributed by atoms with Crippen LogP contribution in [0.1, 0.15) is 47.1 Å². The summed E-state index contributed by atoms with van der Waals surface area (Å²) in [6.07, 6.45) is 2.16. The average molecular weight is 413 g/mol. The number of carbonyl (C=O) groups is 1. The molecule has 0 saturated carbocycles. The summed E-state index contributed by atoms with van der Waals surface area (Å²) in [5.41, 5.74) is 5.22. The number of piperazine rings is 1. The third-order valence-corrected chi connectivity index (χ3v) is 6.71. The number of likely N-dealkylation sites (tertiary alicyclic amines) is 1. The smallest absolute Gasteiger partial charge is 0.270 e. The van der Waals surface area contributed by atoms with E-state index in [4.69, 9.17) is 0 Å². The maximum absolute atomic E-state index is 13.5. The Morgan fingerprint density at radius 1 is 0.967 bits per heavy atom. The maximum atomic E-state index is 13.5. The number of benzene rings is 1. The van der Waals surface area contributed by atoms with E-state index in [-0.39, 0.29) is 11.7 Å². The second-order valence-corrected chi connectivity index (χ2v) is 8.54. The van der Waals surface area contributed by atoms with Crippen molar-refractivity contribution in [3.63, 3.8) is 0 Å². The summed E-state index contributed by atoms with van der Waals surface area (Å²) in [7, 11) is 0. The van der Waals surface area contributed by atoms with Crippen molar-refractivity contribution in [2.75, 3.05) is 50.7 Å². The minimum Gasteiger partial charge on any atom is -0.367 e. The third-order valence-electron chi connectivity index (χ3n) is 6.71. The Morgan fingerprint density at radius 2 is 1.60 bits per heavy atom. The fourth-order valence-electron chi connectivity index (χ4n) is 4.95. The summed E-state index contributed by atoms with van der Waals surface area (Å²) >= 11 is 0. The van der Waals surface area contributed by atoms with Crippen LogP contribution in [0.15, 0.2) is 24.3 Å². The number of hydrogen-bond donors (Lipinski definition) is 0. The third kappa shape index (κ3) is 3.97. The highest BCUT2D eigenvalue weighted by molar-refractivity contribution is 5.97. The molecule has 1 aromatic carbocycles. The van der Waals surface area contributed by atoms with Crippen LogP contribution in [0.2, 0.25) is 0 Å². The van der Waals surface area contributed by atoms with Crippen LogP contribution in [0.25, 0.3) is 0 Å². The fraction of sp³-hybridized carbons (Fsp3) is 0.542. The van der Waals surface area contributed by atoms with Crippen LogP contribution in [0.5, 0.6) is 0 Å². The van der Waals surface area contributed by atoms with E-state index in [1.54, 1.807) is 0 Å². The van der Waals surface area contributed by atoms with Gasteiger partial charge in [-0.05, 0) is 50.9 Å². The van der Waals surface area contributed by atoms with Gasteiger partial charge in [0.15, 0.2) is 0 Å². The first kappa shape index (κ1) is 20.9. The van der Waals surface area contributed by atoms with Gasteiger partial charge in [0.2, 0.25) is 0 Å². The molecular weight excluding hydrogens is 379 g/mol. The molecule has 5 nitrogen and oxygen atoms in total. The normalized spacial score (nSPS) is 17.7. The van der Waals surface area contributed by atoms with Crippen molar-refractivity contribution in [1.82, 2.24) is 14.4 Å². The van der Waals surface area contributed by atoms with Crippen LogP contribution in [0.3, 0.4) is 0 Å². The van der Waals surface area contributed by atoms with E-state index in [0.29, 0.717) is 6.54 Å². The Morgan fingerprint density at radius 3 is 2.20 bits per heavy atom. The van der Waals surface area contributed by atoms with Crippen LogP contribution >= 0.6 is 0 Å². The number of amides is 1. The lowest BCUT2D eigenvalue weighted by Crippen LogP contribution is -2.46. The molecule has 0 spiro atoms. The molecule has 2 aliphatic rings. The van der Waals surface area contributed by atoms with Gasteiger partial charge < -0.3 is 19.3 Å². The lowest BCUT2D eigenvalue weighted by Gasteiger charge is -2.36. The first-order valence-electron chi connectivity index (χ1n) is 11.2. The van der Waals surface area contributed by atoms with Crippen LogP contribution < -0.4 is 4.90 Å². The van der Waals surface area contributed by atoms with Crippen molar-refractivity contribution in [1.29, 1.82) is 0 Å². The monoisotopic (exact) mass is 412 g/mol. The average Bonchev–Trinajstić information content (AvgIpc) is 3.37. The molecule has 162 valence electrons. The Kier molecular flexibility index (Phi) is 6.14. The van der Waals surface area contributed by atoms with Crippen LogP contribution in [0, 0.1) is 19.7 Å². The molecule has 2 aromatic rings. The van der Waals surface area contributed by atoms with E-state index >= 15 is 0 Å². The Bertz CT molecular complexity index is 891. The van der Waals surface area contributed by atoms with E-state index in [1.807, 2.05) is 17.0 Å². The fourth-order valence-corrected chi connectivity index (χ4v) is 4.95. The molecule has 0 bridgehead atoms. The highest BCUT2D eigenvalue weighted by Crippen LogP contribution is 2.33. The molecule has 0 unspecified atom stereocenters. The van der Waals surface area contributed by atoms with Gasteiger partial charge in [0, 0.05) is 57.1 Å². The van der Waals surface area contributed by atoms with Crippen molar-refractivity contribution in [3.8, 4) is 0 Å². The van der Waals surface area contributed by atoms with Crippen LogP contribution in [-0.2, 0) is 6.54 Å². The minimum atomic E-state index is -0.234. The second kappa shape index (κ2) is 8.80. The molecular formula is C24H33FN4O. The zero-order chi connectivity index (χ0) is 21.3. The van der Waals surface area contributed by atoms with Crippen molar-refractivity contribution in [3.05, 3.63) is 52.6 Å². The molecule has 1 amide bonds. The Labute approximate surface area is 179 Å². The van der Waals surface area contributed by atoms with Gasteiger partial charge in [0.25, 0.3) is 5.91 Å². The number of aromatic nitrogens is 1. The molecule has 0 aliphatic carbocycles. The molecule has 0 atom stereocenters. The zero-order valence-corrected chi connectivity index (χ0v) is 18.5. The summed E-state index contributed by atoms with van der Waals surface area (Å²) in [5, 5.41) is 0. The summed E-state index contributed by atoms with van der Waals surface area (Å²) in [4.78, 5) is 20.4. The summed E-state index contributed by atoms with van der Waals surface area (Å²) < 4.78 is 15.6. The zero-order valence-electron chi connectivity index (χ0n) is 18.5. The van der Waals surface area contributed by atoms with E-state index in [0.717, 1.165) is 81.2 Å². The number of nitrogens with zero attached hydrogens (tertiary/aromatic N) is 4. The van der Waals surface area contributed by atoms with Crippen LogP contribution in [-0.4, -0.2) is 66.1 Å². The van der Waals surface area contributed by atoms with Gasteiger partial charge in [-0.3, -0.25) is 4.79 Å². The molecule has 3 heterocycles. The van der Waals surface area contributed by atoms with E-state index in [9.17, 15) is 9.18 Å². The van der Waals surface area contributed by atoms with Gasteiger partial charge in [0.1, 0.15) is 11.5 Å². The van der Waals surface area contributed by atoms with Crippen molar-refractivity contribution < 1.29 is 9.18 Å². The first-order valence-corrected chi connectivity index (χ1v) is 11.2. The number of rotatable bonds is 5. The predicted molar refractivity (Wildman–Crippen MR) is 119 cm³/mol. The Hall–Kier alpha value is -2.34. The number of halogens is 1. The van der Waals surface area contributed by atoms with Gasteiger partial charge in [0.05, 0.1) is 5.69 Å². The Balaban J connectivity index is 1.72. The summed E-state index contributed by atoms with van der Waals surface area (Å²) in [5.74, 6) is -0.101. The summed E-state index contributed by atoms with van der Waals surface area (Å²) in [6, 6.07) is 6.61. The molecule has 2 fully saturated rings. The van der Waals surface area contributed by atoms with E-state index < -0.39 is 0 Å². The van der Waals surface area contributed by atoms with Crippen molar-refractivity contribution >= 4 is 11.6 Å². The molecule has 2 saturated heterocycles. The summed E-state index contributed by atoms with van der Waals surface area (Å²) in [6.45, 7) is 13.8. The maximum Gasteiger partial charge on any atom is 0.270 e. The highest BCUT2D eigenvalue weighted by Gasteiger charge is 2.30. The van der Waals surface area contributed by atoms with E-state index in [1.165, 1.54) is 17.8 Å². The standard InChI is InChI=1S/C24H33FN4O/c1-4-26-13-15-27(16-14-26)22-18(2)23(24(30)28-11-5-6-12-28)29(19(22)3)17-20-7-9-21(25)10-8-20/h7-10H,4-6,11-17H2,1-3H3. The topological polar surface area (TPSA) is 31.7 Å². The molecule has 30 heavy (non-hydrogen) atoms. The molecule has 0 N–H and O–H groups in total. The lowest BCUT2D eigenvalue weighted by molar-refractivity contribution is 0.0781. The molecule has 2 aliphatic heterocycles. The van der Waals surface area contributed by atoms with E-state index in [2.05, 4.69) is 35.1 Å². The first-order chi connectivity index (χ1) is 14.5. The number of hydrogen-bond acceptors (Lipinski definition) is 3. The highest BCUT2D eigenvalue weighted by atomic mass is 19.1. The quantitative estimate of drug-likeness (QED) is 0.751. The lowest BCUT2D eigenvalue weighted by atomic mass is 10.1. The SMILES string of the molecule is CCN1CCN(c2c(C)c(C(=O)N3CCCC3)n(Cc3ccc(F)cc3)c2C)CC1. The second-order valence-electron chi connectivity index (χ2n) is 8.54. The largest absolute Gasteiger partial charge is 0.367 e. The molecule has 4 rings (SSSR count). The number of anilines is 1. The van der Waals surface area contributed by atoms with Crippen LogP contribution in [0.4, 0.5) is 10.1 Å². The van der Waals surface area contributed by atoms with Crippen molar-refractivity contribution in [2.45, 2.75) is 40.2 Å². The van der Waals surface area contributed by atoms with Crippen molar-refractivity contribution in [2.24, 2.45) is 0 Å². The van der Waals surface area contributed by atoms with Gasteiger partial charge in [-0.1, -0.05) is 19.1 Å². The number of likely N-dealkylation sites (N-methyl/N-ethyl adjacent to an activating group) is 1. The van der Waals surface area contributed by atoms with Gasteiger partial charge in [-0.25, -0.2) is 4.39 Å². The number of carbonyl (C=O) groups excluding carboxylic acids is 1. The molecule has 1 aromatic heterocycles. The van der Waals surface area contributed by atoms with Gasteiger partial charge >= 0.3 is 0 Å². The molecule has 0 radical (unpaired) electrons. The predicted octanol–water partition coefficient (Wildman–Crippen LogP) is 3.67. The van der Waals surface area contributed by atoms with Gasteiger partial charge in [-0.2, -0.15) is 0 Å². The van der Waals surface area contributed by atoms with Gasteiger partial charge in [-0.15, -0.1) is 0 Å².